The van der Waals surface area contributed by atoms with E-state index in [1.165, 1.54) is 6.07 Å². The van der Waals surface area contributed by atoms with Crippen LogP contribution in [0.5, 0.6) is 5.75 Å². The lowest BCUT2D eigenvalue weighted by molar-refractivity contribution is 0.135. The standard InChI is InChI=1S/C11H16BFO4/c1-8(5-6-16-2)17-11-7-9(13)3-4-10(11)12(14)15/h3-4,7-8,14-15H,5-6H2,1-2H3. The molecule has 0 aliphatic heterocycles. The minimum atomic E-state index is -1.68. The van der Waals surface area contributed by atoms with Gasteiger partial charge in [0, 0.05) is 31.7 Å². The summed E-state index contributed by atoms with van der Waals surface area (Å²) in [6.45, 7) is 2.32. The molecular formula is C11H16BFO4. The first-order chi connectivity index (χ1) is 8.04. The zero-order valence-electron chi connectivity index (χ0n) is 9.89. The van der Waals surface area contributed by atoms with Gasteiger partial charge in [-0.15, -0.1) is 0 Å². The van der Waals surface area contributed by atoms with E-state index < -0.39 is 12.9 Å². The van der Waals surface area contributed by atoms with E-state index in [0.29, 0.717) is 13.0 Å². The van der Waals surface area contributed by atoms with Crippen molar-refractivity contribution in [2.75, 3.05) is 13.7 Å². The Morgan fingerprint density at radius 2 is 2.12 bits per heavy atom. The highest BCUT2D eigenvalue weighted by Crippen LogP contribution is 2.13. The van der Waals surface area contributed by atoms with E-state index in [4.69, 9.17) is 19.5 Å². The van der Waals surface area contributed by atoms with E-state index >= 15 is 0 Å². The SMILES string of the molecule is COCCC(C)Oc1cc(F)ccc1B(O)O. The molecule has 4 nitrogen and oxygen atoms in total. The lowest BCUT2D eigenvalue weighted by atomic mass is 9.79. The molecule has 0 bridgehead atoms. The highest BCUT2D eigenvalue weighted by molar-refractivity contribution is 6.59. The fourth-order valence-corrected chi connectivity index (χ4v) is 1.38. The van der Waals surface area contributed by atoms with E-state index in [2.05, 4.69) is 0 Å². The van der Waals surface area contributed by atoms with Gasteiger partial charge in [0.25, 0.3) is 0 Å². The van der Waals surface area contributed by atoms with E-state index in [1.54, 1.807) is 14.0 Å². The van der Waals surface area contributed by atoms with Crippen molar-refractivity contribution in [3.63, 3.8) is 0 Å². The first-order valence-electron chi connectivity index (χ1n) is 5.35. The minimum Gasteiger partial charge on any atom is -0.491 e. The lowest BCUT2D eigenvalue weighted by Crippen LogP contribution is -2.32. The molecule has 1 atom stereocenters. The van der Waals surface area contributed by atoms with Gasteiger partial charge in [0.15, 0.2) is 0 Å². The number of benzene rings is 1. The molecule has 0 aromatic heterocycles. The second kappa shape index (κ2) is 6.59. The van der Waals surface area contributed by atoms with Crippen LogP contribution in [0.3, 0.4) is 0 Å². The summed E-state index contributed by atoms with van der Waals surface area (Å²) >= 11 is 0. The van der Waals surface area contributed by atoms with Crippen molar-refractivity contribution >= 4 is 12.6 Å². The van der Waals surface area contributed by atoms with Gasteiger partial charge in [0.2, 0.25) is 0 Å². The van der Waals surface area contributed by atoms with Crippen LogP contribution in [-0.2, 0) is 4.74 Å². The second-order valence-corrected chi connectivity index (χ2v) is 3.77. The van der Waals surface area contributed by atoms with Gasteiger partial charge in [-0.2, -0.15) is 0 Å². The van der Waals surface area contributed by atoms with Gasteiger partial charge in [-0.05, 0) is 13.0 Å². The third kappa shape index (κ3) is 4.34. The molecule has 0 amide bonds. The van der Waals surface area contributed by atoms with Crippen LogP contribution in [0, 0.1) is 5.82 Å². The Labute approximate surface area is 100 Å². The fourth-order valence-electron chi connectivity index (χ4n) is 1.38. The van der Waals surface area contributed by atoms with E-state index in [-0.39, 0.29) is 17.3 Å². The van der Waals surface area contributed by atoms with Crippen LogP contribution in [0.4, 0.5) is 4.39 Å². The van der Waals surface area contributed by atoms with Gasteiger partial charge in [0.05, 0.1) is 6.10 Å². The molecule has 94 valence electrons. The highest BCUT2D eigenvalue weighted by Gasteiger charge is 2.19. The fraction of sp³-hybridized carbons (Fsp3) is 0.455. The van der Waals surface area contributed by atoms with Crippen LogP contribution in [-0.4, -0.2) is 37.0 Å². The van der Waals surface area contributed by atoms with Crippen molar-refractivity contribution in [3.8, 4) is 5.75 Å². The molecule has 2 N–H and O–H groups in total. The molecule has 0 spiro atoms. The Kier molecular flexibility index (Phi) is 5.41. The quantitative estimate of drug-likeness (QED) is 0.705. The summed E-state index contributed by atoms with van der Waals surface area (Å²) in [5, 5.41) is 18.2. The van der Waals surface area contributed by atoms with Crippen LogP contribution in [0.15, 0.2) is 18.2 Å². The number of methoxy groups -OCH3 is 1. The topological polar surface area (TPSA) is 58.9 Å². The smallest absolute Gasteiger partial charge is 0.491 e. The predicted molar refractivity (Wildman–Crippen MR) is 62.8 cm³/mol. The Morgan fingerprint density at radius 3 is 2.71 bits per heavy atom. The molecule has 0 heterocycles. The number of halogens is 1. The third-order valence-electron chi connectivity index (χ3n) is 2.31. The summed E-state index contributed by atoms with van der Waals surface area (Å²) in [5.74, 6) is -0.341. The van der Waals surface area contributed by atoms with Crippen molar-refractivity contribution in [3.05, 3.63) is 24.0 Å². The zero-order valence-corrected chi connectivity index (χ0v) is 9.89. The number of hydrogen-bond donors (Lipinski definition) is 2. The lowest BCUT2D eigenvalue weighted by Gasteiger charge is -2.17. The zero-order chi connectivity index (χ0) is 12.8. The van der Waals surface area contributed by atoms with Crippen molar-refractivity contribution < 1.29 is 23.9 Å². The average molecular weight is 242 g/mol. The van der Waals surface area contributed by atoms with Gasteiger partial charge < -0.3 is 19.5 Å². The average Bonchev–Trinajstić information content (AvgIpc) is 2.26. The molecule has 0 aliphatic rings. The molecule has 0 saturated heterocycles. The Morgan fingerprint density at radius 1 is 1.41 bits per heavy atom. The number of rotatable bonds is 6. The molecular weight excluding hydrogens is 226 g/mol. The number of ether oxygens (including phenoxy) is 2. The van der Waals surface area contributed by atoms with Crippen molar-refractivity contribution in [1.29, 1.82) is 0 Å². The van der Waals surface area contributed by atoms with Gasteiger partial charge in [-0.3, -0.25) is 0 Å². The molecule has 1 unspecified atom stereocenters. The maximum Gasteiger partial charge on any atom is 0.492 e. The van der Waals surface area contributed by atoms with Crippen LogP contribution < -0.4 is 10.2 Å². The highest BCUT2D eigenvalue weighted by atomic mass is 19.1. The molecule has 17 heavy (non-hydrogen) atoms. The summed E-state index contributed by atoms with van der Waals surface area (Å²) < 4.78 is 23.4. The second-order valence-electron chi connectivity index (χ2n) is 3.77. The Bertz CT molecular complexity index is 359. The summed E-state index contributed by atoms with van der Waals surface area (Å²) in [5.41, 5.74) is 0.149. The molecule has 1 aromatic rings. The maximum atomic E-state index is 13.0. The van der Waals surface area contributed by atoms with E-state index in [0.717, 1.165) is 12.1 Å². The largest absolute Gasteiger partial charge is 0.492 e. The molecule has 0 fully saturated rings. The van der Waals surface area contributed by atoms with Gasteiger partial charge in [-0.1, -0.05) is 6.07 Å². The minimum absolute atomic E-state index is 0.142. The summed E-state index contributed by atoms with van der Waals surface area (Å²) in [7, 11) is -0.0992. The van der Waals surface area contributed by atoms with Gasteiger partial charge >= 0.3 is 7.12 Å². The van der Waals surface area contributed by atoms with E-state index in [1.807, 2.05) is 0 Å². The molecule has 0 aliphatic carbocycles. The molecule has 0 saturated carbocycles. The van der Waals surface area contributed by atoms with Gasteiger partial charge in [-0.25, -0.2) is 4.39 Å². The Hall–Kier alpha value is -1.11. The molecule has 6 heteroatoms. The van der Waals surface area contributed by atoms with Crippen molar-refractivity contribution in [2.24, 2.45) is 0 Å². The predicted octanol–water partition coefficient (Wildman–Crippen LogP) is 0.309. The first kappa shape index (κ1) is 14.0. The van der Waals surface area contributed by atoms with Crippen molar-refractivity contribution in [1.82, 2.24) is 0 Å². The van der Waals surface area contributed by atoms with Gasteiger partial charge in [0.1, 0.15) is 11.6 Å². The summed E-state index contributed by atoms with van der Waals surface area (Å²) in [6.07, 6.45) is 0.433. The normalized spacial score (nSPS) is 12.3. The van der Waals surface area contributed by atoms with Crippen LogP contribution in [0.2, 0.25) is 0 Å². The molecule has 1 aromatic carbocycles. The van der Waals surface area contributed by atoms with Crippen LogP contribution in [0.25, 0.3) is 0 Å². The van der Waals surface area contributed by atoms with Crippen molar-refractivity contribution in [2.45, 2.75) is 19.4 Å². The molecule has 0 radical (unpaired) electrons. The van der Waals surface area contributed by atoms with E-state index in [9.17, 15) is 4.39 Å². The maximum absolute atomic E-state index is 13.0. The Balaban J connectivity index is 2.77. The third-order valence-corrected chi connectivity index (χ3v) is 2.31. The van der Waals surface area contributed by atoms with Crippen LogP contribution >= 0.6 is 0 Å². The first-order valence-corrected chi connectivity index (χ1v) is 5.35. The number of hydrogen-bond acceptors (Lipinski definition) is 4. The summed E-state index contributed by atoms with van der Waals surface area (Å²) in [4.78, 5) is 0. The monoisotopic (exact) mass is 242 g/mol. The molecule has 1 rings (SSSR count). The van der Waals surface area contributed by atoms with Crippen LogP contribution in [0.1, 0.15) is 13.3 Å². The summed E-state index contributed by atoms with van der Waals surface area (Å²) in [6, 6.07) is 3.58.